The second kappa shape index (κ2) is 7.21. The molecule has 1 fully saturated rings. The molecular formula is C17H23F3N2O3. The number of benzene rings is 1. The van der Waals surface area contributed by atoms with Crippen molar-refractivity contribution < 1.29 is 27.4 Å². The number of hydrogen-bond donors (Lipinski definition) is 1. The Hall–Kier alpha value is -1.80. The first-order valence-electron chi connectivity index (χ1n) is 8.00. The summed E-state index contributed by atoms with van der Waals surface area (Å²) in [5.41, 5.74) is 4.54. The second-order valence-corrected chi connectivity index (χ2v) is 6.93. The van der Waals surface area contributed by atoms with E-state index in [0.717, 1.165) is 6.07 Å². The van der Waals surface area contributed by atoms with Crippen molar-refractivity contribution in [2.75, 3.05) is 19.8 Å². The summed E-state index contributed by atoms with van der Waals surface area (Å²) in [4.78, 5) is 13.8. The predicted molar refractivity (Wildman–Crippen MR) is 85.9 cm³/mol. The third kappa shape index (κ3) is 4.85. The van der Waals surface area contributed by atoms with Crippen LogP contribution in [0.3, 0.4) is 0 Å². The lowest BCUT2D eigenvalue weighted by Crippen LogP contribution is -2.54. The quantitative estimate of drug-likeness (QED) is 0.879. The minimum Gasteiger partial charge on any atom is -0.444 e. The Morgan fingerprint density at radius 3 is 2.56 bits per heavy atom. The summed E-state index contributed by atoms with van der Waals surface area (Å²) in [5, 5.41) is 0. The van der Waals surface area contributed by atoms with Crippen LogP contribution in [-0.2, 0) is 15.7 Å². The molecule has 2 unspecified atom stereocenters. The van der Waals surface area contributed by atoms with Crippen LogP contribution in [0.2, 0.25) is 0 Å². The molecule has 1 amide bonds. The third-order valence-corrected chi connectivity index (χ3v) is 3.83. The minimum atomic E-state index is -4.53. The van der Waals surface area contributed by atoms with Crippen LogP contribution in [-0.4, -0.2) is 42.4 Å². The molecule has 0 bridgehead atoms. The van der Waals surface area contributed by atoms with Crippen molar-refractivity contribution in [1.29, 1.82) is 0 Å². The van der Waals surface area contributed by atoms with Gasteiger partial charge in [-0.2, -0.15) is 13.2 Å². The fourth-order valence-electron chi connectivity index (χ4n) is 2.72. The number of nitrogens with zero attached hydrogens (tertiary/aromatic N) is 1. The first-order valence-corrected chi connectivity index (χ1v) is 8.00. The number of carbonyl (C=O) groups excluding carboxylic acids is 1. The summed E-state index contributed by atoms with van der Waals surface area (Å²) in [6.07, 6.45) is -5.14. The van der Waals surface area contributed by atoms with Crippen LogP contribution in [0.5, 0.6) is 0 Å². The lowest BCUT2D eigenvalue weighted by Gasteiger charge is -2.39. The number of halogens is 3. The van der Waals surface area contributed by atoms with Gasteiger partial charge in [0.1, 0.15) is 5.60 Å². The third-order valence-electron chi connectivity index (χ3n) is 3.83. The van der Waals surface area contributed by atoms with Gasteiger partial charge in [0.25, 0.3) is 0 Å². The molecule has 2 rings (SSSR count). The van der Waals surface area contributed by atoms with Crippen LogP contribution in [0, 0.1) is 0 Å². The molecular weight excluding hydrogens is 337 g/mol. The van der Waals surface area contributed by atoms with Crippen LogP contribution in [0.1, 0.15) is 37.9 Å². The van der Waals surface area contributed by atoms with E-state index < -0.39 is 35.5 Å². The van der Waals surface area contributed by atoms with E-state index in [1.165, 1.54) is 23.1 Å². The van der Waals surface area contributed by atoms with Gasteiger partial charge in [-0.3, -0.25) is 4.90 Å². The molecule has 8 heteroatoms. The van der Waals surface area contributed by atoms with Gasteiger partial charge in [-0.15, -0.1) is 0 Å². The molecule has 0 aromatic heterocycles. The molecule has 25 heavy (non-hydrogen) atoms. The van der Waals surface area contributed by atoms with Crippen LogP contribution < -0.4 is 5.73 Å². The zero-order valence-electron chi connectivity index (χ0n) is 14.5. The van der Waals surface area contributed by atoms with Gasteiger partial charge in [-0.1, -0.05) is 18.2 Å². The lowest BCUT2D eigenvalue weighted by atomic mass is 9.94. The van der Waals surface area contributed by atoms with Gasteiger partial charge in [0.05, 0.1) is 30.9 Å². The van der Waals surface area contributed by atoms with Crippen LogP contribution in [0.4, 0.5) is 18.0 Å². The number of carbonyl (C=O) groups is 1. The summed E-state index contributed by atoms with van der Waals surface area (Å²) in [7, 11) is 0. The highest BCUT2D eigenvalue weighted by molar-refractivity contribution is 5.69. The predicted octanol–water partition coefficient (Wildman–Crippen LogP) is 3.34. The number of amides is 1. The van der Waals surface area contributed by atoms with Crippen molar-refractivity contribution in [2.45, 2.75) is 44.6 Å². The molecule has 0 aliphatic carbocycles. The van der Waals surface area contributed by atoms with E-state index in [-0.39, 0.29) is 25.3 Å². The number of ether oxygens (including phenoxy) is 2. The molecule has 5 nitrogen and oxygen atoms in total. The molecule has 0 radical (unpaired) electrons. The fourth-order valence-corrected chi connectivity index (χ4v) is 2.72. The first-order chi connectivity index (χ1) is 11.5. The zero-order chi connectivity index (χ0) is 18.8. The number of morpholine rings is 1. The van der Waals surface area contributed by atoms with E-state index >= 15 is 0 Å². The Morgan fingerprint density at radius 2 is 1.96 bits per heavy atom. The maximum absolute atomic E-state index is 13.3. The van der Waals surface area contributed by atoms with Crippen molar-refractivity contribution in [3.63, 3.8) is 0 Å². The SMILES string of the molecule is CC(C)(C)OC(=O)N1CCOCC1C(N)c1ccccc1C(F)(F)F. The van der Waals surface area contributed by atoms with Gasteiger partial charge in [0, 0.05) is 6.54 Å². The summed E-state index contributed by atoms with van der Waals surface area (Å²) < 4.78 is 50.5. The van der Waals surface area contributed by atoms with Crippen LogP contribution in [0.25, 0.3) is 0 Å². The molecule has 1 aromatic carbocycles. The summed E-state index contributed by atoms with van der Waals surface area (Å²) in [5.74, 6) is 0. The largest absolute Gasteiger partial charge is 0.444 e. The number of alkyl halides is 3. The van der Waals surface area contributed by atoms with Crippen LogP contribution >= 0.6 is 0 Å². The number of hydrogen-bond acceptors (Lipinski definition) is 4. The van der Waals surface area contributed by atoms with Crippen molar-refractivity contribution in [1.82, 2.24) is 4.90 Å². The maximum Gasteiger partial charge on any atom is 0.416 e. The van der Waals surface area contributed by atoms with Gasteiger partial charge in [0.15, 0.2) is 0 Å². The molecule has 140 valence electrons. The van der Waals surface area contributed by atoms with E-state index in [2.05, 4.69) is 0 Å². The minimum absolute atomic E-state index is 0.0482. The Labute approximate surface area is 144 Å². The molecule has 1 aliphatic rings. The zero-order valence-corrected chi connectivity index (χ0v) is 14.5. The van der Waals surface area contributed by atoms with E-state index in [9.17, 15) is 18.0 Å². The molecule has 1 aromatic rings. The monoisotopic (exact) mass is 360 g/mol. The Morgan fingerprint density at radius 1 is 1.32 bits per heavy atom. The standard InChI is InChI=1S/C17H23F3N2O3/c1-16(2,3)25-15(23)22-8-9-24-10-13(22)14(21)11-6-4-5-7-12(11)17(18,19)20/h4-7,13-14H,8-10,21H2,1-3H3. The maximum atomic E-state index is 13.3. The molecule has 1 aliphatic heterocycles. The Kier molecular flexibility index (Phi) is 5.63. The smallest absolute Gasteiger partial charge is 0.416 e. The highest BCUT2D eigenvalue weighted by atomic mass is 19.4. The van der Waals surface area contributed by atoms with Gasteiger partial charge >= 0.3 is 12.3 Å². The topological polar surface area (TPSA) is 64.8 Å². The van der Waals surface area contributed by atoms with Crippen molar-refractivity contribution >= 4 is 6.09 Å². The van der Waals surface area contributed by atoms with E-state index in [1.54, 1.807) is 20.8 Å². The van der Waals surface area contributed by atoms with E-state index in [1.807, 2.05) is 0 Å². The van der Waals surface area contributed by atoms with Crippen molar-refractivity contribution in [3.05, 3.63) is 35.4 Å². The van der Waals surface area contributed by atoms with Gasteiger partial charge < -0.3 is 15.2 Å². The normalized spacial score (nSPS) is 20.3. The van der Waals surface area contributed by atoms with Gasteiger partial charge in [-0.05, 0) is 32.4 Å². The van der Waals surface area contributed by atoms with Crippen molar-refractivity contribution in [2.24, 2.45) is 5.73 Å². The Bertz CT molecular complexity index is 614. The number of rotatable bonds is 2. The van der Waals surface area contributed by atoms with Gasteiger partial charge in [0.2, 0.25) is 0 Å². The van der Waals surface area contributed by atoms with E-state index in [4.69, 9.17) is 15.2 Å². The molecule has 2 atom stereocenters. The first kappa shape index (κ1) is 19.5. The highest BCUT2D eigenvalue weighted by Crippen LogP contribution is 2.36. The molecule has 1 heterocycles. The number of nitrogens with two attached hydrogens (primary N) is 1. The van der Waals surface area contributed by atoms with E-state index in [0.29, 0.717) is 0 Å². The molecule has 0 saturated carbocycles. The average Bonchev–Trinajstić information content (AvgIpc) is 2.52. The average molecular weight is 360 g/mol. The lowest BCUT2D eigenvalue weighted by molar-refractivity contribution is -0.138. The van der Waals surface area contributed by atoms with Crippen LogP contribution in [0.15, 0.2) is 24.3 Å². The second-order valence-electron chi connectivity index (χ2n) is 6.93. The molecule has 0 spiro atoms. The van der Waals surface area contributed by atoms with Gasteiger partial charge in [-0.25, -0.2) is 4.79 Å². The fraction of sp³-hybridized carbons (Fsp3) is 0.588. The Balaban J connectivity index is 2.30. The van der Waals surface area contributed by atoms with Crippen molar-refractivity contribution in [3.8, 4) is 0 Å². The highest BCUT2D eigenvalue weighted by Gasteiger charge is 2.40. The summed E-state index contributed by atoms with van der Waals surface area (Å²) in [6, 6.07) is 3.32. The summed E-state index contributed by atoms with van der Waals surface area (Å²) >= 11 is 0. The molecule has 1 saturated heterocycles. The summed E-state index contributed by atoms with van der Waals surface area (Å²) in [6.45, 7) is 5.70. The molecule has 2 N–H and O–H groups in total.